The van der Waals surface area contributed by atoms with Crippen molar-refractivity contribution in [1.29, 1.82) is 0 Å². The Balaban J connectivity index is 1.63. The third-order valence-electron chi connectivity index (χ3n) is 4.69. The van der Waals surface area contributed by atoms with Gasteiger partial charge in [-0.2, -0.15) is 9.97 Å². The lowest BCUT2D eigenvalue weighted by atomic mass is 10.1. The van der Waals surface area contributed by atoms with Crippen LogP contribution in [0.4, 0.5) is 5.82 Å². The van der Waals surface area contributed by atoms with Crippen molar-refractivity contribution in [2.24, 2.45) is 0 Å². The van der Waals surface area contributed by atoms with Crippen molar-refractivity contribution < 1.29 is 19.7 Å². The van der Waals surface area contributed by atoms with Gasteiger partial charge in [0.15, 0.2) is 23.2 Å². The van der Waals surface area contributed by atoms with Crippen LogP contribution in [0, 0.1) is 3.57 Å². The summed E-state index contributed by atoms with van der Waals surface area (Å²) in [5.41, 5.74) is 1.96. The molecule has 0 saturated carbocycles. The van der Waals surface area contributed by atoms with E-state index < -0.39 is 24.5 Å². The van der Waals surface area contributed by atoms with E-state index in [9.17, 15) is 10.2 Å². The summed E-state index contributed by atoms with van der Waals surface area (Å²) >= 11 is 8.39. The Bertz CT molecular complexity index is 1020. The van der Waals surface area contributed by atoms with Crippen LogP contribution in [0.1, 0.15) is 11.8 Å². The summed E-state index contributed by atoms with van der Waals surface area (Å²) in [5.74, 6) is 0.471. The van der Waals surface area contributed by atoms with E-state index in [1.165, 1.54) is 13.4 Å². The topological polar surface area (TPSA) is 115 Å². The Hall–Kier alpha value is -1.57. The van der Waals surface area contributed by atoms with Gasteiger partial charge in [0, 0.05) is 17.2 Å². The number of anilines is 1. The number of rotatable bonds is 6. The Morgan fingerprint density at radius 2 is 2.14 bits per heavy atom. The molecule has 4 atom stereocenters. The highest BCUT2D eigenvalue weighted by Gasteiger charge is 2.44. The molecule has 29 heavy (non-hydrogen) atoms. The second-order valence-corrected chi connectivity index (χ2v) is 8.23. The first-order valence-corrected chi connectivity index (χ1v) is 10.3. The summed E-state index contributed by atoms with van der Waals surface area (Å²) in [4.78, 5) is 12.9. The predicted octanol–water partition coefficient (Wildman–Crippen LogP) is 1.96. The lowest BCUT2D eigenvalue weighted by Gasteiger charge is -2.16. The van der Waals surface area contributed by atoms with Crippen molar-refractivity contribution in [1.82, 2.24) is 19.5 Å². The van der Waals surface area contributed by atoms with Crippen LogP contribution in [0.25, 0.3) is 11.2 Å². The molecule has 1 aliphatic rings. The minimum atomic E-state index is -1.16. The van der Waals surface area contributed by atoms with Crippen LogP contribution < -0.4 is 5.32 Å². The van der Waals surface area contributed by atoms with E-state index in [0.29, 0.717) is 23.5 Å². The second-order valence-electron chi connectivity index (χ2n) is 6.65. The molecule has 0 bridgehead atoms. The van der Waals surface area contributed by atoms with E-state index in [1.807, 2.05) is 18.2 Å². The smallest absolute Gasteiger partial charge is 0.226 e. The number of nitrogens with one attached hydrogen (secondary N) is 1. The molecule has 1 aromatic carbocycles. The van der Waals surface area contributed by atoms with Crippen molar-refractivity contribution in [2.45, 2.75) is 31.1 Å². The van der Waals surface area contributed by atoms with Gasteiger partial charge in [0.1, 0.15) is 18.3 Å². The van der Waals surface area contributed by atoms with Gasteiger partial charge in [-0.3, -0.25) is 4.57 Å². The van der Waals surface area contributed by atoms with Crippen LogP contribution >= 0.6 is 34.2 Å². The van der Waals surface area contributed by atoms with Crippen molar-refractivity contribution in [2.75, 3.05) is 19.0 Å². The first-order valence-electron chi connectivity index (χ1n) is 8.87. The number of nitrogens with zero attached hydrogens (tertiary/aromatic N) is 4. The minimum absolute atomic E-state index is 0.0332. The Morgan fingerprint density at radius 3 is 2.90 bits per heavy atom. The van der Waals surface area contributed by atoms with E-state index in [-0.39, 0.29) is 11.9 Å². The van der Waals surface area contributed by atoms with Gasteiger partial charge in [-0.05, 0) is 51.9 Å². The highest BCUT2D eigenvalue weighted by Crippen LogP contribution is 2.33. The Kier molecular flexibility index (Phi) is 6.18. The number of fused-ring (bicyclic) bond motifs is 1. The van der Waals surface area contributed by atoms with E-state index in [4.69, 9.17) is 21.1 Å². The first-order chi connectivity index (χ1) is 14.0. The number of hydrogen-bond acceptors (Lipinski definition) is 8. The van der Waals surface area contributed by atoms with E-state index in [1.54, 1.807) is 4.57 Å². The first kappa shape index (κ1) is 20.7. The maximum absolute atomic E-state index is 10.4. The van der Waals surface area contributed by atoms with Crippen LogP contribution in [-0.4, -0.2) is 61.8 Å². The summed E-state index contributed by atoms with van der Waals surface area (Å²) < 4.78 is 13.5. The molecule has 0 spiro atoms. The van der Waals surface area contributed by atoms with Crippen molar-refractivity contribution in [3.8, 4) is 0 Å². The molecule has 2 aromatic heterocycles. The number of benzene rings is 1. The molecule has 154 valence electrons. The van der Waals surface area contributed by atoms with Crippen LogP contribution in [-0.2, 0) is 16.0 Å². The van der Waals surface area contributed by atoms with Gasteiger partial charge in [-0.25, -0.2) is 4.98 Å². The quantitative estimate of drug-likeness (QED) is 0.327. The van der Waals surface area contributed by atoms with Gasteiger partial charge in [0.25, 0.3) is 0 Å². The molecule has 9 nitrogen and oxygen atoms in total. The lowest BCUT2D eigenvalue weighted by Crippen LogP contribution is -2.33. The number of hydrogen-bond donors (Lipinski definition) is 3. The van der Waals surface area contributed by atoms with Crippen LogP contribution in [0.15, 0.2) is 30.6 Å². The van der Waals surface area contributed by atoms with E-state index >= 15 is 0 Å². The highest BCUT2D eigenvalue weighted by molar-refractivity contribution is 14.1. The zero-order valence-corrected chi connectivity index (χ0v) is 18.3. The van der Waals surface area contributed by atoms with Crippen LogP contribution in [0.3, 0.4) is 0 Å². The second kappa shape index (κ2) is 8.66. The van der Waals surface area contributed by atoms with Crippen LogP contribution in [0.2, 0.25) is 5.28 Å². The number of aromatic nitrogens is 4. The molecular weight excluding hydrogens is 513 g/mol. The minimum Gasteiger partial charge on any atom is -0.387 e. The number of halogens is 2. The fourth-order valence-corrected chi connectivity index (χ4v) is 4.07. The highest BCUT2D eigenvalue weighted by atomic mass is 127. The molecule has 0 aliphatic carbocycles. The summed E-state index contributed by atoms with van der Waals surface area (Å²) in [5, 5.41) is 23.9. The summed E-state index contributed by atoms with van der Waals surface area (Å²) in [6.45, 7) is 0.684. The van der Waals surface area contributed by atoms with E-state index in [0.717, 1.165) is 9.13 Å². The Morgan fingerprint density at radius 1 is 1.31 bits per heavy atom. The molecule has 4 rings (SSSR count). The lowest BCUT2D eigenvalue weighted by molar-refractivity contribution is -0.0580. The third-order valence-corrected chi connectivity index (χ3v) is 5.53. The average Bonchev–Trinajstić information content (AvgIpc) is 3.22. The maximum Gasteiger partial charge on any atom is 0.226 e. The maximum atomic E-state index is 10.4. The van der Waals surface area contributed by atoms with Gasteiger partial charge in [-0.15, -0.1) is 0 Å². The van der Waals surface area contributed by atoms with Gasteiger partial charge in [0.2, 0.25) is 5.28 Å². The molecule has 1 aliphatic heterocycles. The monoisotopic (exact) mass is 531 g/mol. The SMILES string of the molecule is COC[C@H]1O[C@@H](n2cnc3c(NCc4cccc(I)c4)nc(Cl)nc32)C(O)C1O. The predicted molar refractivity (Wildman–Crippen MR) is 115 cm³/mol. The van der Waals surface area contributed by atoms with Gasteiger partial charge in [-0.1, -0.05) is 12.1 Å². The summed E-state index contributed by atoms with van der Waals surface area (Å²) in [7, 11) is 1.50. The summed E-state index contributed by atoms with van der Waals surface area (Å²) in [6, 6.07) is 8.07. The average molecular weight is 532 g/mol. The molecule has 1 fully saturated rings. The molecule has 2 unspecified atom stereocenters. The number of aliphatic hydroxyl groups excluding tert-OH is 2. The molecule has 0 amide bonds. The summed E-state index contributed by atoms with van der Waals surface area (Å²) in [6.07, 6.45) is -2.29. The molecule has 3 N–H and O–H groups in total. The fraction of sp³-hybridized carbons (Fsp3) is 0.389. The van der Waals surface area contributed by atoms with Gasteiger partial charge in [0.05, 0.1) is 12.9 Å². The van der Waals surface area contributed by atoms with Crippen molar-refractivity contribution in [3.05, 3.63) is 45.0 Å². The van der Waals surface area contributed by atoms with Gasteiger partial charge < -0.3 is 25.0 Å². The standard InChI is InChI=1S/C18H19ClIN5O4/c1-28-7-11-13(26)14(27)17(29-11)25-8-22-12-15(23-18(19)24-16(12)25)21-6-9-3-2-4-10(20)5-9/h2-5,8,11,13-14,17,26-27H,6-7H2,1H3,(H,21,23,24)/t11-,13?,14?,17-/m1/s1. The fourth-order valence-electron chi connectivity index (χ4n) is 3.29. The number of imidazole rings is 1. The molecule has 11 heteroatoms. The molecule has 3 heterocycles. The van der Waals surface area contributed by atoms with Crippen molar-refractivity contribution in [3.63, 3.8) is 0 Å². The molecule has 3 aromatic rings. The number of methoxy groups -OCH3 is 1. The Labute approximate surface area is 185 Å². The molecule has 0 radical (unpaired) electrons. The normalized spacial score (nSPS) is 24.3. The molecular formula is C18H19ClIN5O4. The van der Waals surface area contributed by atoms with Crippen molar-refractivity contribution >= 4 is 51.2 Å². The van der Waals surface area contributed by atoms with E-state index in [2.05, 4.69) is 48.9 Å². The number of aliphatic hydroxyl groups is 2. The number of ether oxygens (including phenoxy) is 2. The molecule has 1 saturated heterocycles. The zero-order valence-electron chi connectivity index (χ0n) is 15.4. The van der Waals surface area contributed by atoms with Crippen LogP contribution in [0.5, 0.6) is 0 Å². The largest absolute Gasteiger partial charge is 0.387 e. The zero-order chi connectivity index (χ0) is 20.5. The van der Waals surface area contributed by atoms with Gasteiger partial charge >= 0.3 is 0 Å². The third kappa shape index (κ3) is 4.18.